The van der Waals surface area contributed by atoms with E-state index in [1.165, 1.54) is 0 Å². The summed E-state index contributed by atoms with van der Waals surface area (Å²) in [4.78, 5) is 29.7. The summed E-state index contributed by atoms with van der Waals surface area (Å²) in [7, 11) is 0. The number of aromatic nitrogens is 2. The van der Waals surface area contributed by atoms with Crippen LogP contribution >= 0.6 is 0 Å². The number of hydrogen-bond donors (Lipinski definition) is 1. The van der Waals surface area contributed by atoms with Crippen LogP contribution in [-0.2, 0) is 13.0 Å². The molecule has 0 atom stereocenters. The minimum Gasteiger partial charge on any atom is -0.492 e. The summed E-state index contributed by atoms with van der Waals surface area (Å²) in [6, 6.07) is 12.6. The Labute approximate surface area is 160 Å². The number of ether oxygens (including phenoxy) is 1. The van der Waals surface area contributed by atoms with Crippen LogP contribution < -0.4 is 15.7 Å². The van der Waals surface area contributed by atoms with E-state index in [1.54, 1.807) is 22.8 Å². The Morgan fingerprint density at radius 2 is 2.07 bits per heavy atom. The molecule has 3 aromatic rings. The van der Waals surface area contributed by atoms with Gasteiger partial charge in [-0.25, -0.2) is 10.4 Å². The van der Waals surface area contributed by atoms with Gasteiger partial charge < -0.3 is 4.74 Å². The molecule has 0 unspecified atom stereocenters. The number of fused-ring (bicyclic) bond motifs is 3. The second kappa shape index (κ2) is 6.60. The Bertz CT molecular complexity index is 1200. The molecule has 1 aromatic heterocycles. The summed E-state index contributed by atoms with van der Waals surface area (Å²) in [6.45, 7) is 1.24. The summed E-state index contributed by atoms with van der Waals surface area (Å²) < 4.78 is 7.33. The van der Waals surface area contributed by atoms with Crippen molar-refractivity contribution in [1.82, 2.24) is 15.0 Å². The number of carbonyl (C=O) groups is 1. The zero-order valence-corrected chi connectivity index (χ0v) is 15.1. The van der Waals surface area contributed by atoms with Gasteiger partial charge in [0.25, 0.3) is 11.5 Å². The highest BCUT2D eigenvalue weighted by Gasteiger charge is 2.18. The second-order valence-corrected chi connectivity index (χ2v) is 6.91. The monoisotopic (exact) mass is 374 g/mol. The first-order chi connectivity index (χ1) is 13.7. The molecule has 2 aliphatic heterocycles. The SMILES string of the molecule is O=C(NN=C1CCOc2ccccc21)c1ccc2c(=O)n3c(nc2c1)CCC3. The first-order valence-corrected chi connectivity index (χ1v) is 9.33. The van der Waals surface area contributed by atoms with Crippen LogP contribution in [0, 0.1) is 0 Å². The van der Waals surface area contributed by atoms with E-state index in [4.69, 9.17) is 4.74 Å². The number of para-hydroxylation sites is 1. The molecule has 7 nitrogen and oxygen atoms in total. The molecule has 0 spiro atoms. The van der Waals surface area contributed by atoms with Crippen LogP contribution in [0.15, 0.2) is 52.4 Å². The van der Waals surface area contributed by atoms with Gasteiger partial charge in [0.1, 0.15) is 11.6 Å². The van der Waals surface area contributed by atoms with Crippen molar-refractivity contribution in [1.29, 1.82) is 0 Å². The highest BCUT2D eigenvalue weighted by atomic mass is 16.5. The lowest BCUT2D eigenvalue weighted by Crippen LogP contribution is -2.24. The number of aryl methyl sites for hydroxylation is 1. The number of nitrogens with zero attached hydrogens (tertiary/aromatic N) is 3. The van der Waals surface area contributed by atoms with E-state index in [1.807, 2.05) is 24.3 Å². The van der Waals surface area contributed by atoms with E-state index >= 15 is 0 Å². The lowest BCUT2D eigenvalue weighted by molar-refractivity contribution is 0.0954. The third-order valence-electron chi connectivity index (χ3n) is 5.17. The molecule has 3 heterocycles. The molecule has 0 aliphatic carbocycles. The smallest absolute Gasteiger partial charge is 0.271 e. The fourth-order valence-electron chi connectivity index (χ4n) is 3.75. The average Bonchev–Trinajstić information content (AvgIpc) is 3.20. The van der Waals surface area contributed by atoms with E-state index < -0.39 is 0 Å². The first kappa shape index (κ1) is 16.7. The molecule has 2 aromatic carbocycles. The van der Waals surface area contributed by atoms with Crippen LogP contribution in [0.5, 0.6) is 5.75 Å². The van der Waals surface area contributed by atoms with Crippen LogP contribution in [0.2, 0.25) is 0 Å². The van der Waals surface area contributed by atoms with E-state index in [9.17, 15) is 9.59 Å². The maximum Gasteiger partial charge on any atom is 0.271 e. The molecule has 0 radical (unpaired) electrons. The van der Waals surface area contributed by atoms with E-state index in [2.05, 4.69) is 15.5 Å². The van der Waals surface area contributed by atoms with Crippen molar-refractivity contribution in [2.45, 2.75) is 25.8 Å². The fourth-order valence-corrected chi connectivity index (χ4v) is 3.75. The third kappa shape index (κ3) is 2.76. The number of benzene rings is 2. The Kier molecular flexibility index (Phi) is 3.93. The van der Waals surface area contributed by atoms with Crippen molar-refractivity contribution in [3.8, 4) is 5.75 Å². The number of hydrazone groups is 1. The molecule has 0 fully saturated rings. The van der Waals surface area contributed by atoms with Crippen molar-refractivity contribution < 1.29 is 9.53 Å². The van der Waals surface area contributed by atoms with Crippen molar-refractivity contribution in [3.05, 3.63) is 69.8 Å². The molecule has 1 amide bonds. The number of amides is 1. The summed E-state index contributed by atoms with van der Waals surface area (Å²) in [5, 5.41) is 4.84. The Balaban J connectivity index is 1.44. The molecule has 1 N–H and O–H groups in total. The Morgan fingerprint density at radius 3 is 3.00 bits per heavy atom. The summed E-state index contributed by atoms with van der Waals surface area (Å²) in [6.07, 6.45) is 2.34. The topological polar surface area (TPSA) is 85.6 Å². The molecule has 140 valence electrons. The molecule has 5 rings (SSSR count). The largest absolute Gasteiger partial charge is 0.492 e. The number of carbonyl (C=O) groups excluding carboxylic acids is 1. The van der Waals surface area contributed by atoms with Crippen LogP contribution in [-0.4, -0.2) is 27.8 Å². The van der Waals surface area contributed by atoms with Crippen LogP contribution in [0.1, 0.15) is 34.6 Å². The standard InChI is InChI=1S/C21H18N4O3/c26-20(24-23-16-9-11-28-18-5-2-1-4-14(16)18)13-7-8-15-17(12-13)22-19-6-3-10-25(19)21(15)27/h1-2,4-5,7-8,12H,3,6,9-11H2,(H,24,26). The predicted molar refractivity (Wildman–Crippen MR) is 105 cm³/mol. The molecular weight excluding hydrogens is 356 g/mol. The molecule has 0 bridgehead atoms. The fraction of sp³-hybridized carbons (Fsp3) is 0.238. The molecule has 28 heavy (non-hydrogen) atoms. The average molecular weight is 374 g/mol. The van der Waals surface area contributed by atoms with Gasteiger partial charge in [0, 0.05) is 30.5 Å². The van der Waals surface area contributed by atoms with Gasteiger partial charge in [-0.05, 0) is 36.8 Å². The van der Waals surface area contributed by atoms with Gasteiger partial charge in [-0.15, -0.1) is 0 Å². The van der Waals surface area contributed by atoms with Gasteiger partial charge in [0.2, 0.25) is 0 Å². The number of hydrogen-bond acceptors (Lipinski definition) is 5. The highest BCUT2D eigenvalue weighted by Crippen LogP contribution is 2.24. The lowest BCUT2D eigenvalue weighted by atomic mass is 10.0. The number of nitrogens with one attached hydrogen (secondary N) is 1. The minimum absolute atomic E-state index is 0.0384. The summed E-state index contributed by atoms with van der Waals surface area (Å²) >= 11 is 0. The zero-order chi connectivity index (χ0) is 19.1. The van der Waals surface area contributed by atoms with Crippen molar-refractivity contribution >= 4 is 22.5 Å². The van der Waals surface area contributed by atoms with Crippen molar-refractivity contribution in [2.24, 2.45) is 5.10 Å². The Hall–Kier alpha value is -3.48. The lowest BCUT2D eigenvalue weighted by Gasteiger charge is -2.18. The molecule has 7 heteroatoms. The van der Waals surface area contributed by atoms with Gasteiger partial charge in [-0.1, -0.05) is 12.1 Å². The zero-order valence-electron chi connectivity index (χ0n) is 15.1. The normalized spacial score (nSPS) is 16.5. The summed E-state index contributed by atoms with van der Waals surface area (Å²) in [5.74, 6) is 1.22. The third-order valence-corrected chi connectivity index (χ3v) is 5.17. The molecule has 0 saturated heterocycles. The first-order valence-electron chi connectivity index (χ1n) is 9.33. The maximum atomic E-state index is 12.6. The quantitative estimate of drug-likeness (QED) is 0.697. The predicted octanol–water partition coefficient (Wildman–Crippen LogP) is 2.26. The van der Waals surface area contributed by atoms with Gasteiger partial charge in [-0.3, -0.25) is 14.2 Å². The Morgan fingerprint density at radius 1 is 1.18 bits per heavy atom. The second-order valence-electron chi connectivity index (χ2n) is 6.91. The minimum atomic E-state index is -0.333. The van der Waals surface area contributed by atoms with E-state index in [-0.39, 0.29) is 11.5 Å². The van der Waals surface area contributed by atoms with Crippen molar-refractivity contribution in [3.63, 3.8) is 0 Å². The maximum absolute atomic E-state index is 12.6. The van der Waals surface area contributed by atoms with Crippen LogP contribution in [0.25, 0.3) is 10.9 Å². The van der Waals surface area contributed by atoms with E-state index in [0.29, 0.717) is 36.0 Å². The van der Waals surface area contributed by atoms with Gasteiger partial charge in [-0.2, -0.15) is 5.10 Å². The highest BCUT2D eigenvalue weighted by molar-refractivity contribution is 6.05. The van der Waals surface area contributed by atoms with E-state index in [0.717, 1.165) is 35.7 Å². The van der Waals surface area contributed by atoms with Gasteiger partial charge >= 0.3 is 0 Å². The van der Waals surface area contributed by atoms with Gasteiger partial charge in [0.15, 0.2) is 0 Å². The van der Waals surface area contributed by atoms with Gasteiger partial charge in [0.05, 0.1) is 23.2 Å². The molecule has 0 saturated carbocycles. The van der Waals surface area contributed by atoms with Crippen molar-refractivity contribution in [2.75, 3.05) is 6.61 Å². The number of rotatable bonds is 2. The van der Waals surface area contributed by atoms with Crippen LogP contribution in [0.3, 0.4) is 0 Å². The molecular formula is C21H18N4O3. The van der Waals surface area contributed by atoms with Crippen LogP contribution in [0.4, 0.5) is 0 Å². The molecule has 2 aliphatic rings. The summed E-state index contributed by atoms with van der Waals surface area (Å²) in [5.41, 5.74) is 5.23.